The van der Waals surface area contributed by atoms with Crippen LogP contribution in [-0.2, 0) is 25.7 Å². The van der Waals surface area contributed by atoms with Crippen LogP contribution in [0.25, 0.3) is 65.6 Å². The van der Waals surface area contributed by atoms with Crippen LogP contribution < -0.4 is 0 Å². The number of rotatable bonds is 15. The number of aromatic amines is 4. The Morgan fingerprint density at radius 2 is 0.933 bits per heavy atom. The Kier molecular flexibility index (Phi) is 21.7. The lowest BCUT2D eigenvalue weighted by Gasteiger charge is -2.00. The third-order valence-electron chi connectivity index (χ3n) is 17.7. The van der Waals surface area contributed by atoms with Gasteiger partial charge in [0.15, 0.2) is 0 Å². The maximum absolute atomic E-state index is 9.51. The Balaban J connectivity index is 0.000000111. The normalized spacial score (nSPS) is 14.2. The number of benzene rings is 8. The van der Waals surface area contributed by atoms with E-state index < -0.39 is 0 Å². The van der Waals surface area contributed by atoms with E-state index in [1.165, 1.54) is 48.9 Å². The number of hydrogen-bond donors (Lipinski definition) is 6. The third-order valence-corrected chi connectivity index (χ3v) is 18.6. The van der Waals surface area contributed by atoms with Crippen molar-refractivity contribution in [3.8, 4) is 11.5 Å². The minimum Gasteiger partial charge on any atom is -0.508 e. The fourth-order valence-electron chi connectivity index (χ4n) is 12.4. The molecule has 0 atom stereocenters. The summed E-state index contributed by atoms with van der Waals surface area (Å²) in [4.78, 5) is 12.4. The highest BCUT2D eigenvalue weighted by molar-refractivity contribution is 7.17. The number of hydrogen-bond acceptors (Lipinski definition) is 13. The van der Waals surface area contributed by atoms with Gasteiger partial charge >= 0.3 is 0 Å². The van der Waals surface area contributed by atoms with E-state index in [9.17, 15) is 10.2 Å². The second kappa shape index (κ2) is 33.5. The van der Waals surface area contributed by atoms with Crippen molar-refractivity contribution >= 4 is 139 Å². The SMILES string of the molecule is C1=C(/C=N/N=C/c2c[nH]c3ccccc23)c2ccccc2C1.C1=C(/C=N/N=C/c2csc3ccccc23)c2ccccc2C1.C1=CC(/C=N/N=C/c2cc[nH]c2)=CC1.C1=Cc2cc(/C=N/N=C/c3ccc4[nH]ccc4c3)ccc2C1.Oc1ccc2c(c1)CC=C2/C=N/N=C/c1c[nH]c2cc(O)ccc12. The van der Waals surface area contributed by atoms with Gasteiger partial charge in [-0.2, -0.15) is 51.0 Å². The Labute approximate surface area is 604 Å². The number of aromatic nitrogens is 4. The molecule has 13 aromatic rings. The Bertz CT molecular complexity index is 5620. The molecule has 0 fully saturated rings. The number of phenols is 2. The monoisotopic (exact) mass is 1370 g/mol. The second-order valence-corrected chi connectivity index (χ2v) is 25.4. The molecule has 16 nitrogen and oxygen atoms in total. The number of nitrogens with zero attached hydrogens (tertiary/aromatic N) is 10. The fourth-order valence-corrected chi connectivity index (χ4v) is 13.3. The Morgan fingerprint density at radius 1 is 0.356 bits per heavy atom. The van der Waals surface area contributed by atoms with Crippen molar-refractivity contribution in [2.75, 3.05) is 0 Å². The quantitative estimate of drug-likeness (QED) is 0.0435. The zero-order valence-corrected chi connectivity index (χ0v) is 57.3. The maximum Gasteiger partial charge on any atom is 0.117 e. The minimum atomic E-state index is 0.226. The van der Waals surface area contributed by atoms with Gasteiger partial charge in [-0.1, -0.05) is 158 Å². The standard InChI is InChI=1S/C19H15N3O2.2C19H15N3.C19H14N2S.C11H11N3/c23-15-3-5-17-12(7-15)1-2-13(17)10-21-22-11-14-9-20-19-8-16(24)4-6-18(14)19;1-2-6-17-14(5-1)9-10-15(17)12-21-22-13-16-11-20-19-8-4-3-7-18(16)19;1-2-16-6-4-14(10-17(16)3-1)12-21-22-13-15-5-7-19-18(11-15)8-9-20-19;1-2-6-17-14(5-1)9-10-15(17)11-20-21-12-16-13-22-19-8-4-3-7-18(16)19;1-2-4-10(3-1)8-13-14-9-11-5-6-12-7-11/h2-11,20,23-24H,1H2;1-8,10-13,20H,9H2;1,3-13,20H,2H2;1-8,10-13H,9H2;1,3-9,12H,2H2/b21-10+,22-11+;2*21-12+,22-13+;20-11+,21-12+;13-8+,14-9+. The predicted octanol–water partition coefficient (Wildman–Crippen LogP) is 19.3. The van der Waals surface area contributed by atoms with Gasteiger partial charge in [-0.25, -0.2) is 0 Å². The highest BCUT2D eigenvalue weighted by Gasteiger charge is 2.15. The summed E-state index contributed by atoms with van der Waals surface area (Å²) in [5, 5.41) is 66.8. The highest BCUT2D eigenvalue weighted by Crippen LogP contribution is 2.31. The second-order valence-electron chi connectivity index (χ2n) is 24.5. The van der Waals surface area contributed by atoms with Crippen LogP contribution in [0.5, 0.6) is 11.5 Å². The van der Waals surface area contributed by atoms with E-state index in [1.54, 1.807) is 79.1 Å². The molecule has 5 aliphatic carbocycles. The Hall–Kier alpha value is -13.6. The number of thiophene rings is 1. The number of H-pyrrole nitrogens is 4. The first-order valence-corrected chi connectivity index (χ1v) is 34.9. The van der Waals surface area contributed by atoms with E-state index >= 15 is 0 Å². The first kappa shape index (κ1) is 67.5. The zero-order chi connectivity index (χ0) is 70.5. The molecule has 18 rings (SSSR count). The van der Waals surface area contributed by atoms with E-state index in [4.69, 9.17) is 0 Å². The largest absolute Gasteiger partial charge is 0.508 e. The van der Waals surface area contributed by atoms with Crippen molar-refractivity contribution < 1.29 is 10.2 Å². The average molecular weight is 1380 g/mol. The topological polar surface area (TPSA) is 227 Å². The van der Waals surface area contributed by atoms with Gasteiger partial charge in [0.25, 0.3) is 0 Å². The van der Waals surface area contributed by atoms with Gasteiger partial charge in [-0.15, -0.1) is 11.3 Å². The number of allylic oxidation sites excluding steroid dienone is 11. The molecule has 0 spiro atoms. The van der Waals surface area contributed by atoms with E-state index in [1.807, 2.05) is 104 Å². The van der Waals surface area contributed by atoms with Crippen LogP contribution in [0.1, 0.15) is 84.3 Å². The molecule has 5 aromatic heterocycles. The van der Waals surface area contributed by atoms with Crippen LogP contribution in [0.4, 0.5) is 0 Å². The molecule has 0 unspecified atom stereocenters. The van der Waals surface area contributed by atoms with Gasteiger partial charge in [-0.05, 0) is 182 Å². The summed E-state index contributed by atoms with van der Waals surface area (Å²) in [5.74, 6) is 0.507. The summed E-state index contributed by atoms with van der Waals surface area (Å²) in [6, 6.07) is 60.4. The van der Waals surface area contributed by atoms with Gasteiger partial charge in [0.2, 0.25) is 0 Å². The predicted molar refractivity (Wildman–Crippen MR) is 436 cm³/mol. The van der Waals surface area contributed by atoms with Crippen LogP contribution in [0, 0.1) is 0 Å². The maximum atomic E-state index is 9.51. The van der Waals surface area contributed by atoms with E-state index in [0.29, 0.717) is 0 Å². The van der Waals surface area contributed by atoms with Crippen LogP contribution in [-0.4, -0.2) is 92.3 Å². The van der Waals surface area contributed by atoms with E-state index in [0.717, 1.165) is 126 Å². The molecule has 0 saturated carbocycles. The first-order valence-electron chi connectivity index (χ1n) is 34.0. The molecule has 0 saturated heterocycles. The van der Waals surface area contributed by atoms with Crippen LogP contribution in [0.3, 0.4) is 0 Å². The molecular weight excluding hydrogens is 1310 g/mol. The van der Waals surface area contributed by atoms with E-state index in [-0.39, 0.29) is 11.5 Å². The van der Waals surface area contributed by atoms with Gasteiger partial charge in [0.1, 0.15) is 11.5 Å². The van der Waals surface area contributed by atoms with Crippen molar-refractivity contribution in [3.05, 3.63) is 344 Å². The zero-order valence-electron chi connectivity index (χ0n) is 56.5. The average Bonchev–Trinajstić information content (AvgIpc) is 1.67. The van der Waals surface area contributed by atoms with Gasteiger partial charge in [-0.3, -0.25) is 0 Å². The summed E-state index contributed by atoms with van der Waals surface area (Å²) in [5.41, 5.74) is 23.8. The number of fused-ring (bicyclic) bond motifs is 8. The molecule has 506 valence electrons. The van der Waals surface area contributed by atoms with Crippen molar-refractivity contribution in [1.29, 1.82) is 0 Å². The summed E-state index contributed by atoms with van der Waals surface area (Å²) in [6.45, 7) is 0. The van der Waals surface area contributed by atoms with Crippen molar-refractivity contribution in [2.24, 2.45) is 51.0 Å². The molecule has 0 amide bonds. The van der Waals surface area contributed by atoms with Crippen molar-refractivity contribution in [3.63, 3.8) is 0 Å². The van der Waals surface area contributed by atoms with Gasteiger partial charge in [0.05, 0.1) is 62.1 Å². The smallest absolute Gasteiger partial charge is 0.117 e. The van der Waals surface area contributed by atoms with Crippen molar-refractivity contribution in [1.82, 2.24) is 19.9 Å². The summed E-state index contributed by atoms with van der Waals surface area (Å²) in [7, 11) is 0. The fraction of sp³-hybridized carbons (Fsp3) is 0.0575. The molecule has 8 aromatic carbocycles. The van der Waals surface area contributed by atoms with Crippen LogP contribution in [0.2, 0.25) is 0 Å². The first-order chi connectivity index (χ1) is 51.4. The van der Waals surface area contributed by atoms with Crippen LogP contribution >= 0.6 is 11.3 Å². The third kappa shape index (κ3) is 17.3. The lowest BCUT2D eigenvalue weighted by atomic mass is 10.1. The summed E-state index contributed by atoms with van der Waals surface area (Å²) < 4.78 is 1.28. The number of aromatic hydroxyl groups is 2. The number of nitrogens with one attached hydrogen (secondary N) is 4. The number of phenolic OH excluding ortho intramolecular Hbond substituents is 2. The molecule has 104 heavy (non-hydrogen) atoms. The molecule has 0 radical (unpaired) electrons. The summed E-state index contributed by atoms with van der Waals surface area (Å²) >= 11 is 1.73. The highest BCUT2D eigenvalue weighted by atomic mass is 32.1. The lowest BCUT2D eigenvalue weighted by molar-refractivity contribution is 0.474. The van der Waals surface area contributed by atoms with Crippen molar-refractivity contribution in [2.45, 2.75) is 32.1 Å². The molecular formula is C87H70N14O2S. The molecule has 0 aliphatic heterocycles. The van der Waals surface area contributed by atoms with Gasteiger partial charge < -0.3 is 30.1 Å². The minimum absolute atomic E-state index is 0.226. The summed E-state index contributed by atoms with van der Waals surface area (Å²) in [6.07, 6.45) is 49.0. The van der Waals surface area contributed by atoms with Crippen LogP contribution in [0.15, 0.2) is 317 Å². The lowest BCUT2D eigenvalue weighted by Crippen LogP contribution is -1.86. The van der Waals surface area contributed by atoms with Gasteiger partial charge in [0, 0.05) is 102 Å². The molecule has 17 heteroatoms. The molecule has 5 aliphatic rings. The molecule has 5 heterocycles. The van der Waals surface area contributed by atoms with E-state index in [2.05, 4.69) is 228 Å². The number of para-hydroxylation sites is 1. The molecule has 6 N–H and O–H groups in total. The Morgan fingerprint density at radius 3 is 1.64 bits per heavy atom. The molecule has 0 bridgehead atoms.